The van der Waals surface area contributed by atoms with Crippen molar-refractivity contribution in [2.75, 3.05) is 20.3 Å². The monoisotopic (exact) mass is 288 g/mol. The summed E-state index contributed by atoms with van der Waals surface area (Å²) < 4.78 is 31.8. The van der Waals surface area contributed by atoms with Crippen LogP contribution in [0.25, 0.3) is 0 Å². The lowest BCUT2D eigenvalue weighted by molar-refractivity contribution is -0.387. The van der Waals surface area contributed by atoms with Crippen LogP contribution in [0, 0.1) is 27.7 Å². The molecule has 0 aliphatic rings. The summed E-state index contributed by atoms with van der Waals surface area (Å²) >= 11 is 0. The van der Waals surface area contributed by atoms with Gasteiger partial charge in [0.05, 0.1) is 23.2 Å². The quantitative estimate of drug-likeness (QED) is 0.640. The van der Waals surface area contributed by atoms with Gasteiger partial charge >= 0.3 is 5.69 Å². The summed E-state index contributed by atoms with van der Waals surface area (Å²) in [5.74, 6) is -3.34. The van der Waals surface area contributed by atoms with Gasteiger partial charge in [-0.2, -0.15) is 4.39 Å². The lowest BCUT2D eigenvalue weighted by Gasteiger charge is -2.11. The fourth-order valence-corrected chi connectivity index (χ4v) is 1.58. The maximum atomic E-state index is 13.7. The lowest BCUT2D eigenvalue weighted by atomic mass is 10.1. The van der Waals surface area contributed by atoms with Crippen molar-refractivity contribution in [1.82, 2.24) is 5.32 Å². The first kappa shape index (κ1) is 16.0. The molecule has 1 atom stereocenters. The molecule has 0 bridgehead atoms. The fourth-order valence-electron chi connectivity index (χ4n) is 1.58. The average molecular weight is 288 g/mol. The van der Waals surface area contributed by atoms with E-state index in [0.717, 1.165) is 0 Å². The van der Waals surface area contributed by atoms with Crippen LogP contribution >= 0.6 is 0 Å². The molecule has 20 heavy (non-hydrogen) atoms. The molecule has 1 amide bonds. The lowest BCUT2D eigenvalue weighted by Crippen LogP contribution is -2.30. The van der Waals surface area contributed by atoms with Gasteiger partial charge in [-0.25, -0.2) is 4.39 Å². The number of nitro groups is 1. The van der Waals surface area contributed by atoms with Crippen LogP contribution in [0.5, 0.6) is 0 Å². The van der Waals surface area contributed by atoms with Crippen molar-refractivity contribution < 1.29 is 23.2 Å². The molecule has 1 N–H and O–H groups in total. The van der Waals surface area contributed by atoms with Gasteiger partial charge in [0, 0.05) is 13.7 Å². The van der Waals surface area contributed by atoms with Gasteiger partial charge in [0.15, 0.2) is 0 Å². The number of rotatable bonds is 6. The number of nitro benzene ring substituents is 1. The molecule has 1 aromatic rings. The molecule has 0 aliphatic heterocycles. The fraction of sp³-hybridized carbons (Fsp3) is 0.417. The van der Waals surface area contributed by atoms with Crippen molar-refractivity contribution >= 4 is 11.6 Å². The molecule has 8 heteroatoms. The number of benzene rings is 1. The molecule has 110 valence electrons. The third-order valence-electron chi connectivity index (χ3n) is 2.52. The summed E-state index contributed by atoms with van der Waals surface area (Å²) in [4.78, 5) is 21.2. The van der Waals surface area contributed by atoms with Crippen LogP contribution in [0.1, 0.15) is 17.3 Å². The van der Waals surface area contributed by atoms with Gasteiger partial charge in [-0.15, -0.1) is 0 Å². The standard InChI is InChI=1S/C12H14F2N2O4/c1-7(6-20-2)5-15-12(17)9-3-8(13)4-10(11(9)14)16(18)19/h3-4,7H,5-6H2,1-2H3,(H,15,17). The van der Waals surface area contributed by atoms with Crippen LogP contribution < -0.4 is 5.32 Å². The van der Waals surface area contributed by atoms with E-state index in [1.165, 1.54) is 7.11 Å². The number of nitrogens with one attached hydrogen (secondary N) is 1. The van der Waals surface area contributed by atoms with Crippen LogP contribution in [-0.4, -0.2) is 31.1 Å². The van der Waals surface area contributed by atoms with Crippen LogP contribution in [0.15, 0.2) is 12.1 Å². The summed E-state index contributed by atoms with van der Waals surface area (Å²) in [7, 11) is 1.49. The number of methoxy groups -OCH3 is 1. The molecule has 0 spiro atoms. The van der Waals surface area contributed by atoms with Gasteiger partial charge in [-0.1, -0.05) is 6.92 Å². The summed E-state index contributed by atoms with van der Waals surface area (Å²) in [6.45, 7) is 2.34. The summed E-state index contributed by atoms with van der Waals surface area (Å²) in [5, 5.41) is 12.9. The maximum absolute atomic E-state index is 13.7. The Balaban J connectivity index is 2.90. The SMILES string of the molecule is COCC(C)CNC(=O)c1cc(F)cc([N+](=O)[O-])c1F. The molecule has 0 aromatic heterocycles. The van der Waals surface area contributed by atoms with Crippen LogP contribution in [0.3, 0.4) is 0 Å². The molecule has 0 aliphatic carbocycles. The van der Waals surface area contributed by atoms with Gasteiger partial charge in [-0.05, 0) is 12.0 Å². The Hall–Kier alpha value is -2.09. The number of hydrogen-bond acceptors (Lipinski definition) is 4. The van der Waals surface area contributed by atoms with Crippen molar-refractivity contribution in [3.63, 3.8) is 0 Å². The molecule has 1 unspecified atom stereocenters. The highest BCUT2D eigenvalue weighted by atomic mass is 19.1. The molecule has 0 radical (unpaired) electrons. The number of ether oxygens (including phenoxy) is 1. The van der Waals surface area contributed by atoms with Gasteiger partial charge in [0.25, 0.3) is 5.91 Å². The maximum Gasteiger partial charge on any atom is 0.308 e. The normalized spacial score (nSPS) is 12.0. The van der Waals surface area contributed by atoms with Gasteiger partial charge in [-0.3, -0.25) is 14.9 Å². The van der Waals surface area contributed by atoms with E-state index in [9.17, 15) is 23.7 Å². The largest absolute Gasteiger partial charge is 0.384 e. The Bertz CT molecular complexity index is 522. The van der Waals surface area contributed by atoms with Crippen molar-refractivity contribution in [1.29, 1.82) is 0 Å². The zero-order chi connectivity index (χ0) is 15.3. The first-order chi connectivity index (χ1) is 9.36. The Morgan fingerprint density at radius 3 is 2.70 bits per heavy atom. The number of amides is 1. The van der Waals surface area contributed by atoms with E-state index in [-0.39, 0.29) is 12.5 Å². The summed E-state index contributed by atoms with van der Waals surface area (Å²) in [6, 6.07) is 1.05. The minimum Gasteiger partial charge on any atom is -0.384 e. The first-order valence-corrected chi connectivity index (χ1v) is 5.77. The van der Waals surface area contributed by atoms with Crippen molar-refractivity contribution in [3.05, 3.63) is 39.4 Å². The zero-order valence-corrected chi connectivity index (χ0v) is 11.0. The van der Waals surface area contributed by atoms with E-state index < -0.39 is 33.7 Å². The summed E-state index contributed by atoms with van der Waals surface area (Å²) in [5.41, 5.74) is -1.76. The zero-order valence-electron chi connectivity index (χ0n) is 11.0. The van der Waals surface area contributed by atoms with Crippen LogP contribution in [-0.2, 0) is 4.74 Å². The Morgan fingerprint density at radius 1 is 1.50 bits per heavy atom. The Morgan fingerprint density at radius 2 is 2.15 bits per heavy atom. The van der Waals surface area contributed by atoms with Gasteiger partial charge < -0.3 is 10.1 Å². The number of nitrogens with zero attached hydrogens (tertiary/aromatic N) is 1. The average Bonchev–Trinajstić information content (AvgIpc) is 2.38. The Kier molecular flexibility index (Phi) is 5.51. The number of hydrogen-bond donors (Lipinski definition) is 1. The van der Waals surface area contributed by atoms with Gasteiger partial charge in [0.1, 0.15) is 5.82 Å². The van der Waals surface area contributed by atoms with Crippen molar-refractivity contribution in [2.45, 2.75) is 6.92 Å². The predicted molar refractivity (Wildman–Crippen MR) is 66.4 cm³/mol. The molecule has 1 rings (SSSR count). The van der Waals surface area contributed by atoms with Crippen LogP contribution in [0.4, 0.5) is 14.5 Å². The van der Waals surface area contributed by atoms with E-state index in [1.807, 2.05) is 0 Å². The highest BCUT2D eigenvalue weighted by molar-refractivity contribution is 5.95. The minimum atomic E-state index is -1.35. The van der Waals surface area contributed by atoms with Crippen molar-refractivity contribution in [3.8, 4) is 0 Å². The second-order valence-corrected chi connectivity index (χ2v) is 4.31. The smallest absolute Gasteiger partial charge is 0.308 e. The predicted octanol–water partition coefficient (Wildman–Crippen LogP) is 1.89. The summed E-state index contributed by atoms with van der Waals surface area (Å²) in [6.07, 6.45) is 0. The van der Waals surface area contributed by atoms with Gasteiger partial charge in [0.2, 0.25) is 5.82 Å². The second-order valence-electron chi connectivity index (χ2n) is 4.31. The number of halogens is 2. The molecular formula is C12H14F2N2O4. The molecule has 6 nitrogen and oxygen atoms in total. The molecular weight excluding hydrogens is 274 g/mol. The van der Waals surface area contributed by atoms with Crippen molar-refractivity contribution in [2.24, 2.45) is 5.92 Å². The Labute approximate surface area is 113 Å². The highest BCUT2D eigenvalue weighted by Gasteiger charge is 2.24. The number of carbonyl (C=O) groups excluding carboxylic acids is 1. The molecule has 1 aromatic carbocycles. The minimum absolute atomic E-state index is 0.0319. The van der Waals surface area contributed by atoms with E-state index in [2.05, 4.69) is 5.32 Å². The molecule has 0 fully saturated rings. The van der Waals surface area contributed by atoms with E-state index in [4.69, 9.17) is 4.74 Å². The molecule has 0 heterocycles. The molecule has 0 saturated heterocycles. The second kappa shape index (κ2) is 6.90. The third kappa shape index (κ3) is 3.95. The van der Waals surface area contributed by atoms with E-state index in [1.54, 1.807) is 6.92 Å². The third-order valence-corrected chi connectivity index (χ3v) is 2.52. The molecule has 0 saturated carbocycles. The topological polar surface area (TPSA) is 81.5 Å². The highest BCUT2D eigenvalue weighted by Crippen LogP contribution is 2.22. The van der Waals surface area contributed by atoms with E-state index >= 15 is 0 Å². The number of carbonyl (C=O) groups is 1. The first-order valence-electron chi connectivity index (χ1n) is 5.77. The van der Waals surface area contributed by atoms with Crippen LogP contribution in [0.2, 0.25) is 0 Å². The van der Waals surface area contributed by atoms with E-state index in [0.29, 0.717) is 18.7 Å².